The standard InChI is InChI=1S/C16H18FNO3/c1-2-14-11-18(7-9-21-14)16(20)15-6-5-13(17)10-12(15)4-3-8-19/h5-6,10,14,19H,2,7-9,11H2,1H3. The third kappa shape index (κ3) is 3.81. The van der Waals surface area contributed by atoms with Gasteiger partial charge in [0.1, 0.15) is 12.4 Å². The molecule has 1 aliphatic rings. The highest BCUT2D eigenvalue weighted by Gasteiger charge is 2.25. The Labute approximate surface area is 123 Å². The number of halogens is 1. The first-order valence-electron chi connectivity index (χ1n) is 6.95. The second-order valence-corrected chi connectivity index (χ2v) is 4.80. The summed E-state index contributed by atoms with van der Waals surface area (Å²) in [5.74, 6) is 4.45. The molecule has 2 rings (SSSR count). The molecule has 112 valence electrons. The van der Waals surface area contributed by atoms with Gasteiger partial charge >= 0.3 is 0 Å². The average Bonchev–Trinajstić information content (AvgIpc) is 2.52. The largest absolute Gasteiger partial charge is 0.384 e. The first kappa shape index (κ1) is 15.5. The van der Waals surface area contributed by atoms with E-state index in [2.05, 4.69) is 11.8 Å². The molecule has 0 aliphatic carbocycles. The number of aliphatic hydroxyl groups is 1. The van der Waals surface area contributed by atoms with E-state index >= 15 is 0 Å². The number of carbonyl (C=O) groups is 1. The topological polar surface area (TPSA) is 49.8 Å². The van der Waals surface area contributed by atoms with Crippen molar-refractivity contribution in [2.45, 2.75) is 19.4 Å². The van der Waals surface area contributed by atoms with Crippen LogP contribution in [0.3, 0.4) is 0 Å². The minimum atomic E-state index is -0.456. The lowest BCUT2D eigenvalue weighted by Gasteiger charge is -2.32. The van der Waals surface area contributed by atoms with E-state index in [1.165, 1.54) is 18.2 Å². The van der Waals surface area contributed by atoms with Crippen molar-refractivity contribution in [3.63, 3.8) is 0 Å². The summed E-state index contributed by atoms with van der Waals surface area (Å²) in [7, 11) is 0. The van der Waals surface area contributed by atoms with Gasteiger partial charge < -0.3 is 14.7 Å². The van der Waals surface area contributed by atoms with Crippen molar-refractivity contribution in [1.82, 2.24) is 4.90 Å². The predicted molar refractivity (Wildman–Crippen MR) is 76.3 cm³/mol. The number of benzene rings is 1. The van der Waals surface area contributed by atoms with Gasteiger partial charge in [-0.3, -0.25) is 4.79 Å². The van der Waals surface area contributed by atoms with E-state index in [-0.39, 0.29) is 18.6 Å². The lowest BCUT2D eigenvalue weighted by Crippen LogP contribution is -2.45. The Morgan fingerprint density at radius 1 is 1.57 bits per heavy atom. The molecular formula is C16H18FNO3. The lowest BCUT2D eigenvalue weighted by atomic mass is 10.1. The van der Waals surface area contributed by atoms with E-state index in [1.54, 1.807) is 4.90 Å². The number of morpholine rings is 1. The fourth-order valence-corrected chi connectivity index (χ4v) is 2.26. The predicted octanol–water partition coefficient (Wildman–Crippen LogP) is 1.42. The number of ether oxygens (including phenoxy) is 1. The summed E-state index contributed by atoms with van der Waals surface area (Å²) < 4.78 is 18.9. The van der Waals surface area contributed by atoms with Crippen molar-refractivity contribution in [3.05, 3.63) is 35.1 Å². The number of amides is 1. The molecule has 1 atom stereocenters. The first-order chi connectivity index (χ1) is 10.2. The van der Waals surface area contributed by atoms with Crippen LogP contribution in [0.5, 0.6) is 0 Å². The third-order valence-electron chi connectivity index (χ3n) is 3.40. The molecule has 1 saturated heterocycles. The molecule has 5 heteroatoms. The second-order valence-electron chi connectivity index (χ2n) is 4.80. The molecule has 0 spiro atoms. The van der Waals surface area contributed by atoms with Crippen LogP contribution >= 0.6 is 0 Å². The van der Waals surface area contributed by atoms with Crippen LogP contribution in [-0.4, -0.2) is 48.3 Å². The van der Waals surface area contributed by atoms with Gasteiger partial charge in [-0.2, -0.15) is 0 Å². The Morgan fingerprint density at radius 3 is 3.10 bits per heavy atom. The maximum absolute atomic E-state index is 13.3. The van der Waals surface area contributed by atoms with Gasteiger partial charge in [-0.1, -0.05) is 18.8 Å². The average molecular weight is 291 g/mol. The maximum atomic E-state index is 13.3. The van der Waals surface area contributed by atoms with Crippen molar-refractivity contribution in [2.75, 3.05) is 26.3 Å². The van der Waals surface area contributed by atoms with Gasteiger partial charge in [-0.05, 0) is 24.6 Å². The molecule has 0 saturated carbocycles. The fourth-order valence-electron chi connectivity index (χ4n) is 2.26. The molecule has 21 heavy (non-hydrogen) atoms. The van der Waals surface area contributed by atoms with E-state index in [0.29, 0.717) is 30.8 Å². The molecule has 1 unspecified atom stereocenters. The zero-order valence-electron chi connectivity index (χ0n) is 11.9. The number of hydrogen-bond donors (Lipinski definition) is 1. The van der Waals surface area contributed by atoms with Crippen LogP contribution in [-0.2, 0) is 4.74 Å². The Bertz CT molecular complexity index is 577. The van der Waals surface area contributed by atoms with E-state index in [1.807, 2.05) is 6.92 Å². The second kappa shape index (κ2) is 7.21. The van der Waals surface area contributed by atoms with Crippen LogP contribution in [0.2, 0.25) is 0 Å². The number of rotatable bonds is 2. The molecule has 1 aromatic carbocycles. The van der Waals surface area contributed by atoms with Crippen molar-refractivity contribution >= 4 is 5.91 Å². The molecule has 4 nitrogen and oxygen atoms in total. The minimum absolute atomic E-state index is 0.0372. The molecule has 0 bridgehead atoms. The molecule has 1 aliphatic heterocycles. The molecular weight excluding hydrogens is 273 g/mol. The van der Waals surface area contributed by atoms with Gasteiger partial charge in [0.25, 0.3) is 5.91 Å². The number of hydrogen-bond acceptors (Lipinski definition) is 3. The van der Waals surface area contributed by atoms with Gasteiger partial charge in [-0.25, -0.2) is 4.39 Å². The van der Waals surface area contributed by atoms with Gasteiger partial charge in [0, 0.05) is 18.7 Å². The van der Waals surface area contributed by atoms with Crippen molar-refractivity contribution in [1.29, 1.82) is 0 Å². The van der Waals surface area contributed by atoms with Crippen LogP contribution in [0.15, 0.2) is 18.2 Å². The summed E-state index contributed by atoms with van der Waals surface area (Å²) >= 11 is 0. The molecule has 0 aromatic heterocycles. The molecule has 1 N–H and O–H groups in total. The van der Waals surface area contributed by atoms with Crippen LogP contribution in [0.1, 0.15) is 29.3 Å². The van der Waals surface area contributed by atoms with Gasteiger partial charge in [0.2, 0.25) is 0 Å². The van der Waals surface area contributed by atoms with Crippen molar-refractivity contribution < 1.29 is 19.0 Å². The van der Waals surface area contributed by atoms with Gasteiger partial charge in [0.15, 0.2) is 0 Å². The van der Waals surface area contributed by atoms with E-state index in [0.717, 1.165) is 6.42 Å². The number of aliphatic hydroxyl groups excluding tert-OH is 1. The third-order valence-corrected chi connectivity index (χ3v) is 3.40. The molecule has 1 aromatic rings. The number of carbonyl (C=O) groups excluding carboxylic acids is 1. The zero-order chi connectivity index (χ0) is 15.2. The van der Waals surface area contributed by atoms with Crippen LogP contribution in [0, 0.1) is 17.7 Å². The normalized spacial score (nSPS) is 18.0. The molecule has 1 heterocycles. The SMILES string of the molecule is CCC1CN(C(=O)c2ccc(F)cc2C#CCO)CCO1. The minimum Gasteiger partial charge on any atom is -0.384 e. The zero-order valence-corrected chi connectivity index (χ0v) is 11.9. The highest BCUT2D eigenvalue weighted by molar-refractivity contribution is 5.96. The smallest absolute Gasteiger partial charge is 0.255 e. The first-order valence-corrected chi connectivity index (χ1v) is 6.95. The van der Waals surface area contributed by atoms with Crippen LogP contribution in [0.25, 0.3) is 0 Å². The fraction of sp³-hybridized carbons (Fsp3) is 0.438. The summed E-state index contributed by atoms with van der Waals surface area (Å²) in [6, 6.07) is 3.90. The lowest BCUT2D eigenvalue weighted by molar-refractivity contribution is -0.0226. The summed E-state index contributed by atoms with van der Waals surface area (Å²) in [5.41, 5.74) is 0.655. The Hall–Kier alpha value is -1.90. The van der Waals surface area contributed by atoms with Crippen molar-refractivity contribution in [3.8, 4) is 11.8 Å². The Kier molecular flexibility index (Phi) is 5.32. The van der Waals surface area contributed by atoms with Crippen LogP contribution < -0.4 is 0 Å². The highest BCUT2D eigenvalue weighted by Crippen LogP contribution is 2.16. The van der Waals surface area contributed by atoms with Gasteiger partial charge in [0.05, 0.1) is 18.3 Å². The monoisotopic (exact) mass is 291 g/mol. The molecule has 0 radical (unpaired) electrons. The van der Waals surface area contributed by atoms with Gasteiger partial charge in [-0.15, -0.1) is 0 Å². The van der Waals surface area contributed by atoms with E-state index in [9.17, 15) is 9.18 Å². The Balaban J connectivity index is 2.26. The molecule has 1 amide bonds. The van der Waals surface area contributed by atoms with E-state index < -0.39 is 5.82 Å². The van der Waals surface area contributed by atoms with E-state index in [4.69, 9.17) is 9.84 Å². The van der Waals surface area contributed by atoms with Crippen molar-refractivity contribution in [2.24, 2.45) is 0 Å². The highest BCUT2D eigenvalue weighted by atomic mass is 19.1. The maximum Gasteiger partial charge on any atom is 0.255 e. The number of nitrogens with zero attached hydrogens (tertiary/aromatic N) is 1. The summed E-state index contributed by atoms with van der Waals surface area (Å²) in [5, 5.41) is 8.76. The summed E-state index contributed by atoms with van der Waals surface area (Å²) in [4.78, 5) is 14.3. The summed E-state index contributed by atoms with van der Waals surface area (Å²) in [6.45, 7) is 3.22. The van der Waals surface area contributed by atoms with Crippen LogP contribution in [0.4, 0.5) is 4.39 Å². The quantitative estimate of drug-likeness (QED) is 0.838. The Morgan fingerprint density at radius 2 is 2.38 bits per heavy atom. The summed E-state index contributed by atoms with van der Waals surface area (Å²) in [6.07, 6.45) is 0.875. The molecule has 1 fully saturated rings.